The number of hydrogen-bond acceptors (Lipinski definition) is 4. The van der Waals surface area contributed by atoms with E-state index >= 15 is 0 Å². The molecule has 140 valence electrons. The van der Waals surface area contributed by atoms with Crippen LogP contribution in [0.15, 0.2) is 18.2 Å². The van der Waals surface area contributed by atoms with Crippen LogP contribution in [-0.2, 0) is 11.3 Å². The van der Waals surface area contributed by atoms with Crippen LogP contribution in [0.3, 0.4) is 0 Å². The van der Waals surface area contributed by atoms with Gasteiger partial charge in [0.1, 0.15) is 11.5 Å². The van der Waals surface area contributed by atoms with Crippen molar-refractivity contribution in [3.8, 4) is 11.5 Å². The molecule has 1 unspecified atom stereocenters. The van der Waals surface area contributed by atoms with Crippen LogP contribution >= 0.6 is 12.4 Å². The molecular formula is C19H29ClN2O3. The van der Waals surface area contributed by atoms with Crippen LogP contribution in [0.4, 0.5) is 0 Å². The van der Waals surface area contributed by atoms with Crippen molar-refractivity contribution in [1.82, 2.24) is 10.6 Å². The Morgan fingerprint density at radius 2 is 2.04 bits per heavy atom. The summed E-state index contributed by atoms with van der Waals surface area (Å²) in [6, 6.07) is 5.83. The highest BCUT2D eigenvalue weighted by Crippen LogP contribution is 2.30. The van der Waals surface area contributed by atoms with E-state index in [0.29, 0.717) is 12.5 Å². The third-order valence-corrected chi connectivity index (χ3v) is 5.26. The monoisotopic (exact) mass is 368 g/mol. The average molecular weight is 369 g/mol. The molecule has 0 bridgehead atoms. The molecule has 2 N–H and O–H groups in total. The van der Waals surface area contributed by atoms with Gasteiger partial charge in [-0.25, -0.2) is 0 Å². The van der Waals surface area contributed by atoms with Crippen LogP contribution in [0.25, 0.3) is 0 Å². The minimum Gasteiger partial charge on any atom is -0.497 e. The lowest BCUT2D eigenvalue weighted by atomic mass is 9.88. The van der Waals surface area contributed by atoms with Crippen molar-refractivity contribution >= 4 is 18.3 Å². The Balaban J connectivity index is 0.00000225. The van der Waals surface area contributed by atoms with Crippen LogP contribution in [0.5, 0.6) is 11.5 Å². The largest absolute Gasteiger partial charge is 0.497 e. The summed E-state index contributed by atoms with van der Waals surface area (Å²) in [5, 5.41) is 6.28. The Hall–Kier alpha value is -1.46. The average Bonchev–Trinajstić information content (AvgIpc) is 3.04. The summed E-state index contributed by atoms with van der Waals surface area (Å²) in [7, 11) is 1.66. The van der Waals surface area contributed by atoms with E-state index in [1.54, 1.807) is 7.11 Å². The minimum atomic E-state index is 0. The van der Waals surface area contributed by atoms with Gasteiger partial charge in [0.15, 0.2) is 0 Å². The van der Waals surface area contributed by atoms with Crippen LogP contribution in [0.1, 0.15) is 38.2 Å². The SMILES string of the molecule is COc1ccc(CNC(=O)C(C)C2CNC2)c(OC2CCCC2)c1.Cl. The van der Waals surface area contributed by atoms with E-state index in [-0.39, 0.29) is 30.3 Å². The summed E-state index contributed by atoms with van der Waals surface area (Å²) in [4.78, 5) is 12.3. The molecule has 2 aliphatic rings. The van der Waals surface area contributed by atoms with Gasteiger partial charge in [0, 0.05) is 24.1 Å². The topological polar surface area (TPSA) is 59.6 Å². The Labute approximate surface area is 156 Å². The fraction of sp³-hybridized carbons (Fsp3) is 0.632. The zero-order chi connectivity index (χ0) is 16.9. The van der Waals surface area contributed by atoms with Gasteiger partial charge < -0.3 is 20.1 Å². The highest BCUT2D eigenvalue weighted by Gasteiger charge is 2.28. The zero-order valence-corrected chi connectivity index (χ0v) is 15.9. The van der Waals surface area contributed by atoms with Crippen molar-refractivity contribution in [1.29, 1.82) is 0 Å². The maximum absolute atomic E-state index is 12.3. The number of halogens is 1. The molecular weight excluding hydrogens is 340 g/mol. The fourth-order valence-electron chi connectivity index (χ4n) is 3.33. The first kappa shape index (κ1) is 19.9. The van der Waals surface area contributed by atoms with E-state index in [1.165, 1.54) is 12.8 Å². The molecule has 1 amide bonds. The van der Waals surface area contributed by atoms with E-state index < -0.39 is 0 Å². The molecule has 25 heavy (non-hydrogen) atoms. The molecule has 1 heterocycles. The first-order valence-corrected chi connectivity index (χ1v) is 8.99. The number of nitrogens with one attached hydrogen (secondary N) is 2. The van der Waals surface area contributed by atoms with Gasteiger partial charge in [0.2, 0.25) is 5.91 Å². The van der Waals surface area contributed by atoms with E-state index in [0.717, 1.165) is 43.0 Å². The number of methoxy groups -OCH3 is 1. The van der Waals surface area contributed by atoms with Gasteiger partial charge in [-0.15, -0.1) is 12.4 Å². The van der Waals surface area contributed by atoms with Crippen LogP contribution in [-0.4, -0.2) is 32.2 Å². The smallest absolute Gasteiger partial charge is 0.223 e. The molecule has 5 nitrogen and oxygen atoms in total. The van der Waals surface area contributed by atoms with Gasteiger partial charge in [-0.2, -0.15) is 0 Å². The number of ether oxygens (including phenoxy) is 2. The molecule has 6 heteroatoms. The fourth-order valence-corrected chi connectivity index (χ4v) is 3.33. The molecule has 1 atom stereocenters. The summed E-state index contributed by atoms with van der Waals surface area (Å²) in [5.41, 5.74) is 1.01. The van der Waals surface area contributed by atoms with Crippen molar-refractivity contribution in [3.05, 3.63) is 23.8 Å². The number of carbonyl (C=O) groups is 1. The van der Waals surface area contributed by atoms with Gasteiger partial charge in [-0.1, -0.05) is 6.92 Å². The molecule has 0 spiro atoms. The second kappa shape index (κ2) is 9.30. The van der Waals surface area contributed by atoms with Crippen LogP contribution in [0, 0.1) is 11.8 Å². The van der Waals surface area contributed by atoms with E-state index in [9.17, 15) is 4.79 Å². The maximum Gasteiger partial charge on any atom is 0.223 e. The summed E-state index contributed by atoms with van der Waals surface area (Å²) in [6.45, 7) is 4.38. The van der Waals surface area contributed by atoms with Gasteiger partial charge >= 0.3 is 0 Å². The summed E-state index contributed by atoms with van der Waals surface area (Å²) >= 11 is 0. The molecule has 1 aliphatic heterocycles. The predicted octanol–water partition coefficient (Wildman–Crippen LogP) is 2.91. The first-order valence-electron chi connectivity index (χ1n) is 8.99. The van der Waals surface area contributed by atoms with Gasteiger partial charge in [-0.05, 0) is 56.8 Å². The predicted molar refractivity (Wildman–Crippen MR) is 100 cm³/mol. The second-order valence-corrected chi connectivity index (χ2v) is 6.92. The summed E-state index contributed by atoms with van der Waals surface area (Å²) in [6.07, 6.45) is 4.96. The van der Waals surface area contributed by atoms with E-state index in [2.05, 4.69) is 10.6 Å². The number of amides is 1. The van der Waals surface area contributed by atoms with Crippen molar-refractivity contribution < 1.29 is 14.3 Å². The van der Waals surface area contributed by atoms with Crippen molar-refractivity contribution in [2.45, 2.75) is 45.3 Å². The highest BCUT2D eigenvalue weighted by molar-refractivity contribution is 5.85. The minimum absolute atomic E-state index is 0. The van der Waals surface area contributed by atoms with Crippen molar-refractivity contribution in [2.75, 3.05) is 20.2 Å². The summed E-state index contributed by atoms with van der Waals surface area (Å²) in [5.74, 6) is 2.23. The molecule has 1 aromatic carbocycles. The Kier molecular flexibility index (Phi) is 7.38. The number of benzene rings is 1. The van der Waals surface area contributed by atoms with Gasteiger partial charge in [-0.3, -0.25) is 4.79 Å². The number of rotatable bonds is 7. The first-order chi connectivity index (χ1) is 11.7. The normalized spacial score (nSPS) is 18.8. The molecule has 2 fully saturated rings. The quantitative estimate of drug-likeness (QED) is 0.776. The molecule has 1 saturated carbocycles. The molecule has 1 aliphatic carbocycles. The lowest BCUT2D eigenvalue weighted by Gasteiger charge is -2.31. The Morgan fingerprint density at radius 3 is 2.64 bits per heavy atom. The zero-order valence-electron chi connectivity index (χ0n) is 15.0. The standard InChI is InChI=1S/C19H28N2O3.ClH/c1-13(15-10-20-11-15)19(22)21-12-14-7-8-17(23-2)9-18(14)24-16-5-3-4-6-16;/h7-9,13,15-16,20H,3-6,10-12H2,1-2H3,(H,21,22);1H. The molecule has 1 aromatic rings. The molecule has 0 aromatic heterocycles. The number of hydrogen-bond donors (Lipinski definition) is 2. The highest BCUT2D eigenvalue weighted by atomic mass is 35.5. The second-order valence-electron chi connectivity index (χ2n) is 6.92. The van der Waals surface area contributed by atoms with Gasteiger partial charge in [0.05, 0.1) is 13.2 Å². The third-order valence-electron chi connectivity index (χ3n) is 5.26. The third kappa shape index (κ3) is 5.02. The number of carbonyl (C=O) groups excluding carboxylic acids is 1. The molecule has 3 rings (SSSR count). The van der Waals surface area contributed by atoms with Crippen molar-refractivity contribution in [2.24, 2.45) is 11.8 Å². The Morgan fingerprint density at radius 1 is 1.32 bits per heavy atom. The summed E-state index contributed by atoms with van der Waals surface area (Å²) < 4.78 is 11.5. The molecule has 1 saturated heterocycles. The molecule has 0 radical (unpaired) electrons. The van der Waals surface area contributed by atoms with Gasteiger partial charge in [0.25, 0.3) is 0 Å². The maximum atomic E-state index is 12.3. The van der Waals surface area contributed by atoms with Crippen molar-refractivity contribution in [3.63, 3.8) is 0 Å². The Bertz CT molecular complexity index is 572. The lowest BCUT2D eigenvalue weighted by molar-refractivity contribution is -0.126. The van der Waals surface area contributed by atoms with Crippen LogP contribution < -0.4 is 20.1 Å². The van der Waals surface area contributed by atoms with E-state index in [1.807, 2.05) is 25.1 Å². The van der Waals surface area contributed by atoms with Crippen LogP contribution in [0.2, 0.25) is 0 Å². The van der Waals surface area contributed by atoms with E-state index in [4.69, 9.17) is 9.47 Å². The lowest BCUT2D eigenvalue weighted by Crippen LogP contribution is -2.49.